The SMILES string of the molecule is CC(=O)N[C@H]1[C@H](OC[C@@H](O)[C@H](O)[C@H](O[C@@H]2O[C@H](CO)[C@@H](O)[C@H](O)[C@H]2NC(C)=O)[C@H](CO)NC(C)=O)O[C@H](CO)[C@@H](O[C@@H]2O[C@H](CO)[C@H](O)[C@H](O)[C@H]2O[C@@H]2O[C@@H](C)[C@@H](O)[C@@H](O)[C@@H]2O)[C@@H]1O. The van der Waals surface area contributed by atoms with Crippen LogP contribution in [-0.2, 0) is 52.3 Å². The molecule has 64 heavy (non-hydrogen) atoms. The Bertz CT molecular complexity index is 1490. The average Bonchev–Trinajstić information content (AvgIpc) is 3.25. The van der Waals surface area contributed by atoms with Crippen molar-refractivity contribution in [3.8, 4) is 0 Å². The van der Waals surface area contributed by atoms with Gasteiger partial charge in [0.25, 0.3) is 0 Å². The summed E-state index contributed by atoms with van der Waals surface area (Å²) in [4.78, 5) is 36.5. The maximum Gasteiger partial charge on any atom is 0.217 e. The van der Waals surface area contributed by atoms with E-state index in [1.54, 1.807) is 0 Å². The molecule has 0 aromatic carbocycles. The van der Waals surface area contributed by atoms with E-state index in [4.69, 9.17) is 37.9 Å². The van der Waals surface area contributed by atoms with Gasteiger partial charge in [-0.25, -0.2) is 0 Å². The molecule has 4 saturated heterocycles. The van der Waals surface area contributed by atoms with Crippen molar-refractivity contribution in [2.24, 2.45) is 0 Å². The van der Waals surface area contributed by atoms with Crippen molar-refractivity contribution in [2.45, 2.75) is 175 Å². The second kappa shape index (κ2) is 24.0. The highest BCUT2D eigenvalue weighted by molar-refractivity contribution is 5.74. The van der Waals surface area contributed by atoms with Crippen molar-refractivity contribution in [1.29, 1.82) is 0 Å². The van der Waals surface area contributed by atoms with Gasteiger partial charge in [-0.2, -0.15) is 0 Å². The Balaban J connectivity index is 1.57. The Morgan fingerprint density at radius 3 is 1.61 bits per heavy atom. The van der Waals surface area contributed by atoms with Gasteiger partial charge in [0, 0.05) is 20.8 Å². The molecule has 372 valence electrons. The second-order valence-electron chi connectivity index (χ2n) is 15.9. The van der Waals surface area contributed by atoms with Crippen LogP contribution >= 0.6 is 0 Å². The van der Waals surface area contributed by atoms with Crippen molar-refractivity contribution >= 4 is 17.7 Å². The number of nitrogens with one attached hydrogen (secondary N) is 3. The van der Waals surface area contributed by atoms with Gasteiger partial charge in [0.05, 0.1) is 45.2 Å². The highest BCUT2D eigenvalue weighted by atomic mass is 16.8. The molecule has 0 aromatic heterocycles. The summed E-state index contributed by atoms with van der Waals surface area (Å²) in [5.41, 5.74) is 0. The molecular weight excluding hydrogens is 874 g/mol. The lowest BCUT2D eigenvalue weighted by molar-refractivity contribution is -0.383. The monoisotopic (exact) mass is 937 g/mol. The molecule has 28 nitrogen and oxygen atoms in total. The van der Waals surface area contributed by atoms with Crippen molar-refractivity contribution in [2.75, 3.05) is 33.0 Å². The van der Waals surface area contributed by atoms with E-state index < -0.39 is 198 Å². The second-order valence-corrected chi connectivity index (χ2v) is 15.9. The predicted molar refractivity (Wildman–Crippen MR) is 202 cm³/mol. The van der Waals surface area contributed by atoms with Crippen molar-refractivity contribution < 1.29 is 124 Å². The molecular formula is C36H63N3O25. The lowest BCUT2D eigenvalue weighted by atomic mass is 9.95. The fourth-order valence-electron chi connectivity index (χ4n) is 7.67. The van der Waals surface area contributed by atoms with Gasteiger partial charge >= 0.3 is 0 Å². The summed E-state index contributed by atoms with van der Waals surface area (Å²) >= 11 is 0. The first-order valence-electron chi connectivity index (χ1n) is 20.4. The van der Waals surface area contributed by atoms with Crippen LogP contribution in [0, 0.1) is 0 Å². The first-order chi connectivity index (χ1) is 30.1. The van der Waals surface area contributed by atoms with Crippen LogP contribution in [0.2, 0.25) is 0 Å². The maximum atomic E-state index is 12.4. The van der Waals surface area contributed by atoms with Gasteiger partial charge in [0.1, 0.15) is 110 Å². The van der Waals surface area contributed by atoms with E-state index in [9.17, 15) is 85.9 Å². The summed E-state index contributed by atoms with van der Waals surface area (Å²) in [7, 11) is 0. The van der Waals surface area contributed by atoms with Gasteiger partial charge in [-0.3, -0.25) is 14.4 Å². The fraction of sp³-hybridized carbons (Fsp3) is 0.917. The third kappa shape index (κ3) is 12.7. The molecule has 0 saturated carbocycles. The Hall–Kier alpha value is -2.47. The summed E-state index contributed by atoms with van der Waals surface area (Å²) in [5.74, 6) is -2.29. The smallest absolute Gasteiger partial charge is 0.217 e. The van der Waals surface area contributed by atoms with Crippen LogP contribution in [0.5, 0.6) is 0 Å². The van der Waals surface area contributed by atoms with E-state index in [-0.39, 0.29) is 0 Å². The number of carbonyl (C=O) groups excluding carboxylic acids is 3. The summed E-state index contributed by atoms with van der Waals surface area (Å²) in [5, 5.41) is 156. The van der Waals surface area contributed by atoms with Gasteiger partial charge in [-0.1, -0.05) is 0 Å². The molecule has 4 heterocycles. The third-order valence-corrected chi connectivity index (χ3v) is 11.1. The van der Waals surface area contributed by atoms with E-state index in [2.05, 4.69) is 16.0 Å². The van der Waals surface area contributed by atoms with Gasteiger partial charge in [0.15, 0.2) is 25.2 Å². The number of aliphatic hydroxyl groups is 14. The fourth-order valence-corrected chi connectivity index (χ4v) is 7.67. The standard InChI is InChI=1S/C36H63N3O25/c1-10-21(48)27(54)29(56)35(58-10)64-32-28(55)24(51)17(7-42)60-36(32)63-31-18(8-43)61-33(20(26(31)53)39-13(4)46)57-9-15(47)22(49)30(14(5-40)37-11(2)44)62-34-19(38-12(3)45)25(52)23(50)16(6-41)59-34/h10,14-36,40-43,47-56H,5-9H2,1-4H3,(H,37,44)(H,38,45)(H,39,46)/t10-,14-,15+,16+,17+,18+,19+,20+,21+,22-,23+,24-,25+,26+,27+,28-,29-,30+,31+,32+,33+,34-,35-,36-/m0/s1. The van der Waals surface area contributed by atoms with E-state index in [0.717, 1.165) is 20.8 Å². The van der Waals surface area contributed by atoms with Crippen molar-refractivity contribution in [3.05, 3.63) is 0 Å². The molecule has 0 spiro atoms. The van der Waals surface area contributed by atoms with Crippen molar-refractivity contribution in [3.63, 3.8) is 0 Å². The van der Waals surface area contributed by atoms with Crippen molar-refractivity contribution in [1.82, 2.24) is 16.0 Å². The van der Waals surface area contributed by atoms with Gasteiger partial charge in [-0.15, -0.1) is 0 Å². The van der Waals surface area contributed by atoms with E-state index in [0.29, 0.717) is 0 Å². The predicted octanol–water partition coefficient (Wildman–Crippen LogP) is -10.8. The molecule has 3 amide bonds. The molecule has 0 unspecified atom stereocenters. The van der Waals surface area contributed by atoms with Crippen LogP contribution in [0.3, 0.4) is 0 Å². The number of rotatable bonds is 19. The lowest BCUT2D eigenvalue weighted by Gasteiger charge is -2.49. The number of ether oxygens (including phenoxy) is 8. The van der Waals surface area contributed by atoms with Gasteiger partial charge in [-0.05, 0) is 6.92 Å². The van der Waals surface area contributed by atoms with Gasteiger partial charge < -0.3 is 125 Å². The Morgan fingerprint density at radius 2 is 1.08 bits per heavy atom. The topological polar surface area (TPSA) is 444 Å². The molecule has 0 radical (unpaired) electrons. The summed E-state index contributed by atoms with van der Waals surface area (Å²) in [6.07, 6.45) is -37.5. The average molecular weight is 938 g/mol. The molecule has 17 N–H and O–H groups in total. The highest BCUT2D eigenvalue weighted by Crippen LogP contribution is 2.34. The number of aliphatic hydroxyl groups excluding tert-OH is 14. The molecule has 28 heteroatoms. The summed E-state index contributed by atoms with van der Waals surface area (Å²) in [6, 6.07) is -4.78. The number of hydrogen-bond acceptors (Lipinski definition) is 25. The van der Waals surface area contributed by atoms with E-state index >= 15 is 0 Å². The van der Waals surface area contributed by atoms with Gasteiger partial charge in [0.2, 0.25) is 17.7 Å². The van der Waals surface area contributed by atoms with E-state index in [1.807, 2.05) is 0 Å². The number of hydrogen-bond donors (Lipinski definition) is 17. The molecule has 0 bridgehead atoms. The molecule has 0 aromatic rings. The zero-order valence-electron chi connectivity index (χ0n) is 35.1. The molecule has 4 aliphatic heterocycles. The Morgan fingerprint density at radius 1 is 0.562 bits per heavy atom. The summed E-state index contributed by atoms with van der Waals surface area (Å²) < 4.78 is 45.7. The maximum absolute atomic E-state index is 12.4. The van der Waals surface area contributed by atoms with Crippen LogP contribution in [-0.4, -0.2) is 269 Å². The quantitative estimate of drug-likeness (QED) is 0.0572. The van der Waals surface area contributed by atoms with Crippen LogP contribution < -0.4 is 16.0 Å². The Kier molecular flexibility index (Phi) is 20.3. The minimum Gasteiger partial charge on any atom is -0.394 e. The highest BCUT2D eigenvalue weighted by Gasteiger charge is 2.55. The molecule has 4 aliphatic rings. The Labute approximate surface area is 365 Å². The minimum absolute atomic E-state index is 0.741. The van der Waals surface area contributed by atoms with E-state index in [1.165, 1.54) is 6.92 Å². The number of carbonyl (C=O) groups is 3. The zero-order chi connectivity index (χ0) is 47.9. The zero-order valence-corrected chi connectivity index (χ0v) is 35.1. The third-order valence-electron chi connectivity index (χ3n) is 11.1. The molecule has 0 aliphatic carbocycles. The lowest BCUT2D eigenvalue weighted by Crippen LogP contribution is -2.68. The normalized spacial score (nSPS) is 42.5. The van der Waals surface area contributed by atoms with Crippen LogP contribution in [0.4, 0.5) is 0 Å². The first-order valence-corrected chi connectivity index (χ1v) is 20.4. The largest absolute Gasteiger partial charge is 0.394 e. The summed E-state index contributed by atoms with van der Waals surface area (Å²) in [6.45, 7) is -0.177. The number of amides is 3. The molecule has 4 fully saturated rings. The first kappa shape index (κ1) is 54.1. The van der Waals surface area contributed by atoms with Crippen LogP contribution in [0.15, 0.2) is 0 Å². The minimum atomic E-state index is -2.18. The molecule has 24 atom stereocenters. The van der Waals surface area contributed by atoms with Crippen LogP contribution in [0.25, 0.3) is 0 Å². The molecule has 4 rings (SSSR count). The van der Waals surface area contributed by atoms with Crippen LogP contribution in [0.1, 0.15) is 27.7 Å².